The molecule has 0 bridgehead atoms. The molecule has 0 aliphatic carbocycles. The maximum Gasteiger partial charge on any atom is 0.191 e. The number of benzene rings is 1. The molecular weight excluding hydrogens is 429 g/mol. The average molecular weight is 461 g/mol. The quantitative estimate of drug-likeness (QED) is 0.371. The van der Waals surface area contributed by atoms with E-state index in [9.17, 15) is 0 Å². The summed E-state index contributed by atoms with van der Waals surface area (Å²) in [5.74, 6) is 2.25. The topological polar surface area (TPSA) is 54.9 Å². The Hall–Kier alpha value is -1.02. The molecule has 1 aliphatic rings. The molecule has 6 heteroatoms. The molecule has 1 unspecified atom stereocenters. The molecule has 1 aromatic carbocycles. The highest BCUT2D eigenvalue weighted by Crippen LogP contribution is 2.23. The van der Waals surface area contributed by atoms with Crippen LogP contribution in [-0.4, -0.2) is 38.4 Å². The first-order chi connectivity index (χ1) is 11.5. The molecule has 1 atom stereocenters. The van der Waals surface area contributed by atoms with Crippen molar-refractivity contribution in [3.05, 3.63) is 29.8 Å². The lowest BCUT2D eigenvalue weighted by atomic mass is 10.0. The van der Waals surface area contributed by atoms with Crippen LogP contribution >= 0.6 is 24.0 Å². The van der Waals surface area contributed by atoms with Crippen LogP contribution in [0.4, 0.5) is 0 Å². The summed E-state index contributed by atoms with van der Waals surface area (Å²) in [7, 11) is 1.79. The molecule has 142 valence electrons. The van der Waals surface area contributed by atoms with Gasteiger partial charge in [0.2, 0.25) is 0 Å². The molecule has 1 heterocycles. The zero-order valence-electron chi connectivity index (χ0n) is 15.8. The second kappa shape index (κ2) is 10.9. The smallest absolute Gasteiger partial charge is 0.191 e. The van der Waals surface area contributed by atoms with Crippen molar-refractivity contribution in [2.75, 3.05) is 26.8 Å². The predicted octanol–water partition coefficient (Wildman–Crippen LogP) is 3.57. The molecule has 1 fully saturated rings. The van der Waals surface area contributed by atoms with Crippen LogP contribution in [0.15, 0.2) is 29.3 Å². The van der Waals surface area contributed by atoms with Crippen molar-refractivity contribution in [2.24, 2.45) is 10.9 Å². The summed E-state index contributed by atoms with van der Waals surface area (Å²) in [5.41, 5.74) is 1.12. The van der Waals surface area contributed by atoms with Crippen LogP contribution < -0.4 is 15.4 Å². The summed E-state index contributed by atoms with van der Waals surface area (Å²) in [4.78, 5) is 4.28. The van der Waals surface area contributed by atoms with Crippen LogP contribution in [0.1, 0.15) is 39.2 Å². The van der Waals surface area contributed by atoms with Crippen LogP contribution in [0.3, 0.4) is 0 Å². The van der Waals surface area contributed by atoms with Gasteiger partial charge in [0, 0.05) is 26.7 Å². The zero-order valence-corrected chi connectivity index (χ0v) is 18.1. The van der Waals surface area contributed by atoms with Crippen LogP contribution in [-0.2, 0) is 11.3 Å². The molecule has 2 rings (SSSR count). The molecule has 1 aromatic rings. The first-order valence-electron chi connectivity index (χ1n) is 8.81. The average Bonchev–Trinajstić information content (AvgIpc) is 3.01. The Bertz CT molecular complexity index is 526. The Balaban J connectivity index is 0.00000312. The van der Waals surface area contributed by atoms with Gasteiger partial charge >= 0.3 is 0 Å². The summed E-state index contributed by atoms with van der Waals surface area (Å²) in [5, 5.41) is 6.69. The lowest BCUT2D eigenvalue weighted by Crippen LogP contribution is -2.45. The van der Waals surface area contributed by atoms with E-state index in [2.05, 4.69) is 48.5 Å². The number of hydrogen-bond donors (Lipinski definition) is 2. The minimum atomic E-state index is -0.0764. The third-order valence-electron chi connectivity index (χ3n) is 4.12. The maximum absolute atomic E-state index is 5.79. The van der Waals surface area contributed by atoms with Crippen LogP contribution in [0, 0.1) is 5.92 Å². The largest absolute Gasteiger partial charge is 0.493 e. The molecule has 1 aliphatic heterocycles. The van der Waals surface area contributed by atoms with Crippen molar-refractivity contribution in [1.29, 1.82) is 0 Å². The van der Waals surface area contributed by atoms with Crippen molar-refractivity contribution in [3.63, 3.8) is 0 Å². The number of halogens is 1. The van der Waals surface area contributed by atoms with Gasteiger partial charge in [-0.3, -0.25) is 4.99 Å². The van der Waals surface area contributed by atoms with E-state index in [1.165, 1.54) is 5.56 Å². The molecule has 0 saturated carbocycles. The van der Waals surface area contributed by atoms with Crippen LogP contribution in [0.5, 0.6) is 5.75 Å². The second-order valence-corrected chi connectivity index (χ2v) is 7.03. The number of guanidine groups is 1. The standard InChI is InChI=1S/C19H31N3O2.HI/c1-15(2)13-23-17-8-6-16(7-9-17)12-21-18(20-4)22-14-19(3)10-5-11-24-19;/h6-9,15H,5,10-14H2,1-4H3,(H2,20,21,22);1H. The van der Waals surface area contributed by atoms with E-state index in [0.29, 0.717) is 5.92 Å². The van der Waals surface area contributed by atoms with Crippen molar-refractivity contribution >= 4 is 29.9 Å². The van der Waals surface area contributed by atoms with Gasteiger partial charge in [-0.2, -0.15) is 0 Å². The molecule has 0 spiro atoms. The molecule has 0 aromatic heterocycles. The Labute approximate surface area is 169 Å². The second-order valence-electron chi connectivity index (χ2n) is 7.03. The van der Waals surface area contributed by atoms with E-state index in [1.54, 1.807) is 7.05 Å². The summed E-state index contributed by atoms with van der Waals surface area (Å²) in [6.07, 6.45) is 2.23. The molecule has 25 heavy (non-hydrogen) atoms. The highest BCUT2D eigenvalue weighted by molar-refractivity contribution is 14.0. The Morgan fingerprint density at radius 3 is 2.56 bits per heavy atom. The van der Waals surface area contributed by atoms with E-state index >= 15 is 0 Å². The third kappa shape index (κ3) is 7.81. The molecular formula is C19H32IN3O2. The zero-order chi connectivity index (χ0) is 17.4. The predicted molar refractivity (Wildman–Crippen MR) is 114 cm³/mol. The van der Waals surface area contributed by atoms with Crippen molar-refractivity contribution in [3.8, 4) is 5.75 Å². The summed E-state index contributed by atoms with van der Waals surface area (Å²) < 4.78 is 11.5. The number of hydrogen-bond acceptors (Lipinski definition) is 3. The molecule has 1 saturated heterocycles. The van der Waals surface area contributed by atoms with Crippen LogP contribution in [0.2, 0.25) is 0 Å². The van der Waals surface area contributed by atoms with Crippen LogP contribution in [0.25, 0.3) is 0 Å². The third-order valence-corrected chi connectivity index (χ3v) is 4.12. The number of rotatable bonds is 7. The summed E-state index contributed by atoms with van der Waals surface area (Å²) >= 11 is 0. The van der Waals surface area contributed by atoms with Gasteiger partial charge in [0.05, 0.1) is 12.2 Å². The van der Waals surface area contributed by atoms with Crippen molar-refractivity contribution in [2.45, 2.75) is 45.8 Å². The van der Waals surface area contributed by atoms with Gasteiger partial charge in [-0.25, -0.2) is 0 Å². The van der Waals surface area contributed by atoms with Crippen molar-refractivity contribution < 1.29 is 9.47 Å². The highest BCUT2D eigenvalue weighted by Gasteiger charge is 2.29. The molecule has 0 radical (unpaired) electrons. The van der Waals surface area contributed by atoms with Gasteiger partial charge in [0.1, 0.15) is 5.75 Å². The van der Waals surface area contributed by atoms with Gasteiger partial charge in [0.15, 0.2) is 5.96 Å². The first-order valence-corrected chi connectivity index (χ1v) is 8.81. The number of nitrogens with zero attached hydrogens (tertiary/aromatic N) is 1. The Kier molecular flexibility index (Phi) is 9.56. The lowest BCUT2D eigenvalue weighted by molar-refractivity contribution is 0.0243. The monoisotopic (exact) mass is 461 g/mol. The Morgan fingerprint density at radius 2 is 2.00 bits per heavy atom. The number of aliphatic imine (C=N–C) groups is 1. The van der Waals surface area contributed by atoms with E-state index in [1.807, 2.05) is 12.1 Å². The maximum atomic E-state index is 5.79. The van der Waals surface area contributed by atoms with E-state index in [4.69, 9.17) is 9.47 Å². The van der Waals surface area contributed by atoms with E-state index in [-0.39, 0.29) is 29.6 Å². The van der Waals surface area contributed by atoms with Gasteiger partial charge in [-0.15, -0.1) is 24.0 Å². The van der Waals surface area contributed by atoms with Gasteiger partial charge in [-0.1, -0.05) is 26.0 Å². The van der Waals surface area contributed by atoms with Gasteiger partial charge in [0.25, 0.3) is 0 Å². The highest BCUT2D eigenvalue weighted by atomic mass is 127. The minimum absolute atomic E-state index is 0. The fourth-order valence-corrected chi connectivity index (χ4v) is 2.62. The Morgan fingerprint density at radius 1 is 1.28 bits per heavy atom. The molecule has 5 nitrogen and oxygen atoms in total. The first kappa shape index (κ1) is 22.0. The number of nitrogens with one attached hydrogen (secondary N) is 2. The number of ether oxygens (including phenoxy) is 2. The summed E-state index contributed by atoms with van der Waals surface area (Å²) in [6.45, 7) is 9.54. The lowest BCUT2D eigenvalue weighted by Gasteiger charge is -2.24. The fraction of sp³-hybridized carbons (Fsp3) is 0.632. The minimum Gasteiger partial charge on any atom is -0.493 e. The fourth-order valence-electron chi connectivity index (χ4n) is 2.62. The van der Waals surface area contributed by atoms with E-state index < -0.39 is 0 Å². The summed E-state index contributed by atoms with van der Waals surface area (Å²) in [6, 6.07) is 8.20. The SMILES string of the molecule is CN=C(NCc1ccc(OCC(C)C)cc1)NCC1(C)CCCO1.I. The van der Waals surface area contributed by atoms with Gasteiger partial charge < -0.3 is 20.1 Å². The van der Waals surface area contributed by atoms with Gasteiger partial charge in [-0.05, 0) is 43.4 Å². The molecule has 0 amide bonds. The van der Waals surface area contributed by atoms with E-state index in [0.717, 1.165) is 50.9 Å². The normalized spacial score (nSPS) is 20.3. The van der Waals surface area contributed by atoms with Crippen molar-refractivity contribution in [1.82, 2.24) is 10.6 Å². The molecule has 2 N–H and O–H groups in total.